The maximum atomic E-state index is 13.5. The van der Waals surface area contributed by atoms with Gasteiger partial charge in [0.05, 0.1) is 33.6 Å². The van der Waals surface area contributed by atoms with Crippen LogP contribution in [0, 0.1) is 28.1 Å². The third kappa shape index (κ3) is 7.17. The molecule has 2 aromatic heterocycles. The van der Waals surface area contributed by atoms with Crippen LogP contribution in [0.15, 0.2) is 71.7 Å². The molecule has 3 aromatic carbocycles. The fraction of sp³-hybridized carbons (Fsp3) is 0.405. The lowest BCUT2D eigenvalue weighted by atomic mass is 9.49. The van der Waals surface area contributed by atoms with E-state index in [2.05, 4.69) is 69.9 Å². The topological polar surface area (TPSA) is 190 Å². The monoisotopic (exact) mass is 802 g/mol. The van der Waals surface area contributed by atoms with Gasteiger partial charge in [0.1, 0.15) is 29.5 Å². The highest BCUT2D eigenvalue weighted by atomic mass is 35.5. The molecule has 0 radical (unpaired) electrons. The van der Waals surface area contributed by atoms with Crippen molar-refractivity contribution in [1.82, 2.24) is 40.6 Å². The van der Waals surface area contributed by atoms with Gasteiger partial charge in [-0.2, -0.15) is 9.94 Å². The normalized spacial score (nSPS) is 21.5. The zero-order chi connectivity index (χ0) is 40.9. The molecular weight excluding hydrogens is 760 g/mol. The Morgan fingerprint density at radius 3 is 2.36 bits per heavy atom. The number of nitriles is 1. The Kier molecular flexibility index (Phi) is 10.0. The maximum Gasteiger partial charge on any atom is 0.278 e. The van der Waals surface area contributed by atoms with Crippen LogP contribution in [-0.2, 0) is 16.0 Å². The molecule has 1 unspecified atom stereocenters. The number of carbonyl (C=O) groups is 3. The van der Waals surface area contributed by atoms with Crippen LogP contribution in [0.5, 0.6) is 5.75 Å². The minimum Gasteiger partial charge on any atom is -0.489 e. The van der Waals surface area contributed by atoms with Gasteiger partial charge in [-0.25, -0.2) is 4.68 Å². The number of ether oxygens (including phenoxy) is 1. The summed E-state index contributed by atoms with van der Waals surface area (Å²) in [6.07, 6.45) is 4.69. The Hall–Kier alpha value is -6.14. The first-order valence-corrected chi connectivity index (χ1v) is 19.8. The van der Waals surface area contributed by atoms with E-state index in [1.165, 1.54) is 0 Å². The number of nitrogens with zero attached hydrogens (tertiary/aromatic N) is 8. The number of nitrogens with one attached hydrogen (secondary N) is 2. The van der Waals surface area contributed by atoms with Crippen molar-refractivity contribution in [2.24, 2.45) is 16.7 Å². The lowest BCUT2D eigenvalue weighted by molar-refractivity contribution is -0.164. The van der Waals surface area contributed by atoms with Crippen molar-refractivity contribution in [3.63, 3.8) is 0 Å². The second-order valence-corrected chi connectivity index (χ2v) is 17.1. The molecule has 298 valence electrons. The number of carbonyl (C=O) groups excluding carboxylic acids is 3. The third-order valence-electron chi connectivity index (χ3n) is 12.0. The fourth-order valence-corrected chi connectivity index (χ4v) is 9.36. The van der Waals surface area contributed by atoms with Gasteiger partial charge in [0.2, 0.25) is 5.91 Å². The van der Waals surface area contributed by atoms with E-state index >= 15 is 0 Å². The van der Waals surface area contributed by atoms with Gasteiger partial charge in [-0.05, 0) is 86.2 Å². The van der Waals surface area contributed by atoms with Gasteiger partial charge in [-0.15, -0.1) is 10.2 Å². The van der Waals surface area contributed by atoms with Gasteiger partial charge in [0, 0.05) is 53.7 Å². The molecule has 1 saturated carbocycles. The number of aromatic nitrogens is 6. The van der Waals surface area contributed by atoms with Crippen LogP contribution < -0.4 is 25.8 Å². The van der Waals surface area contributed by atoms with Crippen molar-refractivity contribution in [3.8, 4) is 17.5 Å². The van der Waals surface area contributed by atoms with Crippen LogP contribution in [0.25, 0.3) is 16.6 Å². The molecular formula is C42H43ClN10O5. The molecule has 15 nitrogen and oxygen atoms in total. The standard InChI is InChI=1S/C42H43ClN10O5/c1-41(2)39(42(3,4)40(41)58-30-11-7-26(22-44)32(43)21-30)46-36(55)25-5-8-28(9-6-25)52-23-27(47-49-52)19-24-15-17-51(18-16-24)29-10-12-33-31(20-29)38(57)53(50-48-33)34-13-14-35(54)45-37(34)56/h5-12,20-21,23-24,34,39-40H,13-19H2,1-4H3,(H,46,55)(H,45,54,56)/t34?,39-,40-. The molecule has 5 aromatic rings. The highest BCUT2D eigenvalue weighted by Gasteiger charge is 2.64. The number of hydrogen-bond acceptors (Lipinski definition) is 11. The molecule has 16 heteroatoms. The molecule has 3 fully saturated rings. The molecule has 4 heterocycles. The van der Waals surface area contributed by atoms with Gasteiger partial charge in [0.15, 0.2) is 0 Å². The molecule has 3 aliphatic rings. The number of benzene rings is 3. The second-order valence-electron chi connectivity index (χ2n) is 16.6. The minimum atomic E-state index is -0.872. The molecule has 1 atom stereocenters. The summed E-state index contributed by atoms with van der Waals surface area (Å²) in [5, 5.41) is 32.4. The van der Waals surface area contributed by atoms with Crippen LogP contribution in [-0.4, -0.2) is 72.9 Å². The van der Waals surface area contributed by atoms with Gasteiger partial charge >= 0.3 is 0 Å². The van der Waals surface area contributed by atoms with Crippen molar-refractivity contribution in [2.75, 3.05) is 18.0 Å². The predicted octanol–water partition coefficient (Wildman–Crippen LogP) is 4.95. The molecule has 1 aliphatic carbocycles. The molecule has 2 aliphatic heterocycles. The van der Waals surface area contributed by atoms with Crippen LogP contribution in [0.2, 0.25) is 5.02 Å². The molecule has 8 rings (SSSR count). The Morgan fingerprint density at radius 2 is 1.67 bits per heavy atom. The Morgan fingerprint density at radius 1 is 0.948 bits per heavy atom. The quantitative estimate of drug-likeness (QED) is 0.192. The Balaban J connectivity index is 0.853. The summed E-state index contributed by atoms with van der Waals surface area (Å²) in [6.45, 7) is 9.87. The molecule has 3 amide bonds. The number of rotatable bonds is 9. The molecule has 0 bridgehead atoms. The van der Waals surface area contributed by atoms with Gasteiger partial charge < -0.3 is 15.0 Å². The largest absolute Gasteiger partial charge is 0.489 e. The van der Waals surface area contributed by atoms with E-state index in [4.69, 9.17) is 16.3 Å². The van der Waals surface area contributed by atoms with E-state index in [-0.39, 0.29) is 47.6 Å². The molecule has 0 spiro atoms. The predicted molar refractivity (Wildman–Crippen MR) is 215 cm³/mol. The maximum absolute atomic E-state index is 13.5. The van der Waals surface area contributed by atoms with E-state index in [9.17, 15) is 24.4 Å². The van der Waals surface area contributed by atoms with Crippen molar-refractivity contribution in [2.45, 2.75) is 78.0 Å². The molecule has 2 N–H and O–H groups in total. The second kappa shape index (κ2) is 15.0. The van der Waals surface area contributed by atoms with E-state index in [1.807, 2.05) is 30.5 Å². The van der Waals surface area contributed by atoms with E-state index in [1.54, 1.807) is 41.1 Å². The first kappa shape index (κ1) is 38.7. The summed E-state index contributed by atoms with van der Waals surface area (Å²) in [5.41, 5.74) is 2.77. The average Bonchev–Trinajstić information content (AvgIpc) is 3.68. The zero-order valence-corrected chi connectivity index (χ0v) is 33.4. The first-order chi connectivity index (χ1) is 27.7. The lowest BCUT2D eigenvalue weighted by Gasteiger charge is -2.63. The van der Waals surface area contributed by atoms with Crippen molar-refractivity contribution in [3.05, 3.63) is 99.1 Å². The summed E-state index contributed by atoms with van der Waals surface area (Å²) in [5.74, 6) is -0.102. The van der Waals surface area contributed by atoms with Crippen molar-refractivity contribution >= 4 is 45.9 Å². The fourth-order valence-electron chi connectivity index (χ4n) is 9.14. The number of amides is 3. The summed E-state index contributed by atoms with van der Waals surface area (Å²) >= 11 is 6.24. The Bertz CT molecular complexity index is 2520. The molecule has 58 heavy (non-hydrogen) atoms. The van der Waals surface area contributed by atoms with E-state index in [0.29, 0.717) is 38.7 Å². The van der Waals surface area contributed by atoms with Crippen LogP contribution in [0.4, 0.5) is 5.69 Å². The summed E-state index contributed by atoms with van der Waals surface area (Å²) in [4.78, 5) is 53.1. The average molecular weight is 803 g/mol. The van der Waals surface area contributed by atoms with Gasteiger partial charge in [-0.3, -0.25) is 24.5 Å². The summed E-state index contributed by atoms with van der Waals surface area (Å²) in [7, 11) is 0. The first-order valence-electron chi connectivity index (χ1n) is 19.4. The number of fused-ring (bicyclic) bond motifs is 1. The number of imide groups is 1. The van der Waals surface area contributed by atoms with Crippen LogP contribution in [0.1, 0.15) is 81.0 Å². The number of anilines is 1. The number of piperidine rings is 2. The lowest BCUT2D eigenvalue weighted by Crippen LogP contribution is -2.74. The van der Waals surface area contributed by atoms with Gasteiger partial charge in [-0.1, -0.05) is 49.7 Å². The van der Waals surface area contributed by atoms with Crippen molar-refractivity contribution in [1.29, 1.82) is 5.26 Å². The Labute approximate surface area is 339 Å². The highest BCUT2D eigenvalue weighted by Crippen LogP contribution is 2.55. The SMILES string of the molecule is CC1(C)[C@H](NC(=O)c2ccc(-n3cc(CC4CCN(c5ccc6nnn(C7CCC(=O)NC7=O)c(=O)c6c5)CC4)nn3)cc2)C(C)(C)[C@H]1Oc1ccc(C#N)c(Cl)c1. The summed E-state index contributed by atoms with van der Waals surface area (Å²) in [6, 6.07) is 18.9. The third-order valence-corrected chi connectivity index (χ3v) is 12.3. The van der Waals surface area contributed by atoms with Crippen molar-refractivity contribution < 1.29 is 19.1 Å². The minimum absolute atomic E-state index is 0.138. The van der Waals surface area contributed by atoms with E-state index < -0.39 is 17.5 Å². The highest BCUT2D eigenvalue weighted by molar-refractivity contribution is 6.31. The zero-order valence-electron chi connectivity index (χ0n) is 32.6. The number of hydrogen-bond donors (Lipinski definition) is 2. The van der Waals surface area contributed by atoms with Gasteiger partial charge in [0.25, 0.3) is 17.4 Å². The molecule has 2 saturated heterocycles. The summed E-state index contributed by atoms with van der Waals surface area (Å²) < 4.78 is 9.17. The van der Waals surface area contributed by atoms with Crippen LogP contribution >= 0.6 is 11.6 Å². The van der Waals surface area contributed by atoms with E-state index in [0.717, 1.165) is 54.1 Å². The van der Waals surface area contributed by atoms with Crippen LogP contribution in [0.3, 0.4) is 0 Å². The smallest absolute Gasteiger partial charge is 0.278 e. The number of halogens is 1.